The van der Waals surface area contributed by atoms with Gasteiger partial charge in [-0.3, -0.25) is 4.79 Å². The van der Waals surface area contributed by atoms with Crippen molar-refractivity contribution in [3.8, 4) is 5.69 Å². The van der Waals surface area contributed by atoms with Gasteiger partial charge in [-0.15, -0.1) is 0 Å². The van der Waals surface area contributed by atoms with Crippen LogP contribution in [0.4, 0.5) is 0 Å². The number of halogens is 1. The molecule has 1 saturated heterocycles. The second-order valence-electron chi connectivity index (χ2n) is 7.04. The summed E-state index contributed by atoms with van der Waals surface area (Å²) in [4.78, 5) is 18.5. The molecule has 1 aromatic carbocycles. The Hall–Kier alpha value is -1.88. The number of likely N-dealkylation sites (tertiary alicyclic amines) is 1. The van der Waals surface area contributed by atoms with Gasteiger partial charge in [-0.1, -0.05) is 17.7 Å². The number of carbonyl (C=O) groups excluding carboxylic acids is 1. The Bertz CT molecular complexity index is 797. The van der Waals surface area contributed by atoms with Gasteiger partial charge >= 0.3 is 0 Å². The van der Waals surface area contributed by atoms with Crippen molar-refractivity contribution in [2.75, 3.05) is 13.1 Å². The van der Waals surface area contributed by atoms with Crippen LogP contribution in [0.5, 0.6) is 0 Å². The first-order valence-electron chi connectivity index (χ1n) is 9.12. The van der Waals surface area contributed by atoms with Crippen LogP contribution in [0.3, 0.4) is 0 Å². The van der Waals surface area contributed by atoms with Crippen molar-refractivity contribution in [3.63, 3.8) is 0 Å². The lowest BCUT2D eigenvalue weighted by Gasteiger charge is -2.15. The highest BCUT2D eigenvalue weighted by atomic mass is 35.5. The van der Waals surface area contributed by atoms with Gasteiger partial charge in [-0.05, 0) is 50.3 Å². The topological polar surface area (TPSA) is 51.0 Å². The summed E-state index contributed by atoms with van der Waals surface area (Å²) in [5.41, 5.74) is 2.02. The van der Waals surface area contributed by atoms with E-state index in [-0.39, 0.29) is 5.91 Å². The molecule has 0 bridgehead atoms. The number of nitrogens with zero attached hydrogens (tertiary/aromatic N) is 4. The van der Waals surface area contributed by atoms with Crippen LogP contribution in [0.15, 0.2) is 18.2 Å². The molecule has 2 aromatic rings. The normalized spacial score (nSPS) is 17.5. The Kier molecular flexibility index (Phi) is 4.50. The lowest BCUT2D eigenvalue weighted by molar-refractivity contribution is -0.127. The summed E-state index contributed by atoms with van der Waals surface area (Å²) in [6, 6.07) is 5.90. The largest absolute Gasteiger partial charge is 0.343 e. The zero-order valence-corrected chi connectivity index (χ0v) is 15.3. The second-order valence-corrected chi connectivity index (χ2v) is 7.45. The van der Waals surface area contributed by atoms with Gasteiger partial charge in [-0.2, -0.15) is 5.10 Å². The van der Waals surface area contributed by atoms with Crippen molar-refractivity contribution in [2.45, 2.75) is 51.4 Å². The van der Waals surface area contributed by atoms with Crippen LogP contribution in [0.25, 0.3) is 5.69 Å². The summed E-state index contributed by atoms with van der Waals surface area (Å²) in [6.45, 7) is 3.72. The number of carbonyl (C=O) groups is 1. The minimum absolute atomic E-state index is 0.283. The number of aryl methyl sites for hydroxylation is 1. The molecule has 1 saturated carbocycles. The Labute approximate surface area is 153 Å². The fourth-order valence-electron chi connectivity index (χ4n) is 3.43. The van der Waals surface area contributed by atoms with Crippen LogP contribution in [0.1, 0.15) is 55.2 Å². The van der Waals surface area contributed by atoms with Crippen LogP contribution >= 0.6 is 11.6 Å². The minimum Gasteiger partial charge on any atom is -0.343 e. The predicted molar refractivity (Wildman–Crippen MR) is 97.2 cm³/mol. The highest BCUT2D eigenvalue weighted by Gasteiger charge is 2.29. The van der Waals surface area contributed by atoms with Crippen molar-refractivity contribution < 1.29 is 4.79 Å². The maximum absolute atomic E-state index is 11.8. The fraction of sp³-hybridized carbons (Fsp3) is 0.526. The summed E-state index contributed by atoms with van der Waals surface area (Å²) >= 11 is 6.30. The van der Waals surface area contributed by atoms with Crippen LogP contribution in [-0.2, 0) is 11.2 Å². The molecule has 1 aromatic heterocycles. The summed E-state index contributed by atoms with van der Waals surface area (Å²) < 4.78 is 1.96. The molecule has 1 aliphatic heterocycles. The Balaban J connectivity index is 1.55. The fourth-order valence-corrected chi connectivity index (χ4v) is 3.59. The molecule has 0 N–H and O–H groups in total. The van der Waals surface area contributed by atoms with Crippen LogP contribution in [-0.4, -0.2) is 38.7 Å². The summed E-state index contributed by atoms with van der Waals surface area (Å²) in [6.07, 6.45) is 5.77. The number of hydrogen-bond acceptors (Lipinski definition) is 3. The first-order valence-corrected chi connectivity index (χ1v) is 9.50. The van der Waals surface area contributed by atoms with Gasteiger partial charge in [0.05, 0.1) is 5.69 Å². The monoisotopic (exact) mass is 358 g/mol. The van der Waals surface area contributed by atoms with E-state index >= 15 is 0 Å². The molecule has 5 nitrogen and oxygen atoms in total. The van der Waals surface area contributed by atoms with Gasteiger partial charge < -0.3 is 4.90 Å². The van der Waals surface area contributed by atoms with E-state index in [1.54, 1.807) is 0 Å². The van der Waals surface area contributed by atoms with E-state index in [4.69, 9.17) is 21.7 Å². The van der Waals surface area contributed by atoms with E-state index < -0.39 is 0 Å². The van der Waals surface area contributed by atoms with Gasteiger partial charge in [0.25, 0.3) is 0 Å². The van der Waals surface area contributed by atoms with Gasteiger partial charge in [0.2, 0.25) is 5.91 Å². The molecule has 0 radical (unpaired) electrons. The third-order valence-corrected chi connectivity index (χ3v) is 5.51. The maximum Gasteiger partial charge on any atom is 0.222 e. The highest BCUT2D eigenvalue weighted by Crippen LogP contribution is 2.38. The first-order chi connectivity index (χ1) is 12.1. The lowest BCUT2D eigenvalue weighted by Crippen LogP contribution is -2.26. The molecule has 0 atom stereocenters. The first kappa shape index (κ1) is 16.6. The molecule has 2 aliphatic rings. The van der Waals surface area contributed by atoms with Crippen LogP contribution < -0.4 is 0 Å². The summed E-state index contributed by atoms with van der Waals surface area (Å²) in [7, 11) is 0. The van der Waals surface area contributed by atoms with E-state index in [1.165, 1.54) is 12.8 Å². The van der Waals surface area contributed by atoms with Crippen molar-refractivity contribution in [1.29, 1.82) is 0 Å². The zero-order valence-electron chi connectivity index (χ0n) is 14.5. The third-order valence-electron chi connectivity index (χ3n) is 5.10. The summed E-state index contributed by atoms with van der Waals surface area (Å²) in [5.74, 6) is 2.72. The van der Waals surface area contributed by atoms with Gasteiger partial charge in [0.1, 0.15) is 5.82 Å². The van der Waals surface area contributed by atoms with Crippen molar-refractivity contribution in [3.05, 3.63) is 40.4 Å². The molecule has 2 fully saturated rings. The minimum atomic E-state index is 0.283. The summed E-state index contributed by atoms with van der Waals surface area (Å²) in [5, 5.41) is 5.52. The van der Waals surface area contributed by atoms with Crippen molar-refractivity contribution in [1.82, 2.24) is 19.7 Å². The molecule has 25 heavy (non-hydrogen) atoms. The molecule has 0 spiro atoms. The maximum atomic E-state index is 11.8. The van der Waals surface area contributed by atoms with E-state index in [1.807, 2.05) is 34.7 Å². The smallest absolute Gasteiger partial charge is 0.222 e. The standard InChI is InChI=1S/C19H23ClN4O/c1-13-15(20)5-2-6-16(13)24-17(21-19(22-24)14-9-10-14)7-3-11-23-12-4-8-18(23)25/h2,5-6,14H,3-4,7-12H2,1H3. The quantitative estimate of drug-likeness (QED) is 0.791. The molecule has 0 unspecified atom stereocenters. The molecule has 2 heterocycles. The molecule has 6 heteroatoms. The van der Waals surface area contributed by atoms with E-state index in [9.17, 15) is 4.79 Å². The van der Waals surface area contributed by atoms with Crippen molar-refractivity contribution >= 4 is 17.5 Å². The SMILES string of the molecule is Cc1c(Cl)cccc1-n1nc(C2CC2)nc1CCCN1CCCC1=O. The third kappa shape index (κ3) is 3.43. The lowest BCUT2D eigenvalue weighted by atomic mass is 10.2. The average molecular weight is 359 g/mol. The van der Waals surface area contributed by atoms with Gasteiger partial charge in [0.15, 0.2) is 5.82 Å². The van der Waals surface area contributed by atoms with Crippen LogP contribution in [0.2, 0.25) is 5.02 Å². The number of amides is 1. The molecule has 132 valence electrons. The Morgan fingerprint density at radius 1 is 1.32 bits per heavy atom. The molecule has 1 amide bonds. The van der Waals surface area contributed by atoms with Crippen molar-refractivity contribution in [2.24, 2.45) is 0 Å². The molecular weight excluding hydrogens is 336 g/mol. The molecule has 1 aliphatic carbocycles. The number of rotatable bonds is 6. The molecule has 4 rings (SSSR count). The van der Waals surface area contributed by atoms with Gasteiger partial charge in [-0.25, -0.2) is 9.67 Å². The average Bonchev–Trinajstić information content (AvgIpc) is 3.25. The molecular formula is C19H23ClN4O. The van der Waals surface area contributed by atoms with E-state index in [0.29, 0.717) is 12.3 Å². The van der Waals surface area contributed by atoms with E-state index in [2.05, 4.69) is 0 Å². The van der Waals surface area contributed by atoms with Gasteiger partial charge in [0, 0.05) is 36.9 Å². The van der Waals surface area contributed by atoms with E-state index in [0.717, 1.165) is 60.3 Å². The Morgan fingerprint density at radius 2 is 2.16 bits per heavy atom. The Morgan fingerprint density at radius 3 is 2.88 bits per heavy atom. The highest BCUT2D eigenvalue weighted by molar-refractivity contribution is 6.31. The second kappa shape index (κ2) is 6.79. The van der Waals surface area contributed by atoms with Crippen LogP contribution in [0, 0.1) is 6.92 Å². The number of aromatic nitrogens is 3. The number of benzene rings is 1. The predicted octanol–water partition coefficient (Wildman–Crippen LogP) is 3.66. The number of hydrogen-bond donors (Lipinski definition) is 0. The zero-order chi connectivity index (χ0) is 17.4.